The lowest BCUT2D eigenvalue weighted by Crippen LogP contribution is -2.34. The largest absolute Gasteiger partial charge is 0.494 e. The lowest BCUT2D eigenvalue weighted by atomic mass is 10.2. The van der Waals surface area contributed by atoms with Gasteiger partial charge in [0, 0.05) is 31.7 Å². The molecular weight excluding hydrogens is 268 g/mol. The van der Waals surface area contributed by atoms with Crippen molar-refractivity contribution < 1.29 is 14.6 Å². The van der Waals surface area contributed by atoms with E-state index in [-0.39, 0.29) is 6.54 Å². The number of nitrogens with zero attached hydrogens (tertiary/aromatic N) is 2. The summed E-state index contributed by atoms with van der Waals surface area (Å²) in [5.74, 6) is 0.205. The minimum absolute atomic E-state index is 0.142. The first kappa shape index (κ1) is 15.8. The first-order valence-electron chi connectivity index (χ1n) is 7.56. The van der Waals surface area contributed by atoms with Crippen LogP contribution in [0.3, 0.4) is 0 Å². The molecule has 0 aliphatic carbocycles. The summed E-state index contributed by atoms with van der Waals surface area (Å²) in [5.41, 5.74) is 1.20. The van der Waals surface area contributed by atoms with Crippen LogP contribution < -0.4 is 4.74 Å². The minimum Gasteiger partial charge on any atom is -0.494 e. The van der Waals surface area contributed by atoms with Crippen LogP contribution in [0, 0.1) is 0 Å². The molecule has 1 aromatic rings. The summed E-state index contributed by atoms with van der Waals surface area (Å²) in [6.07, 6.45) is 1.00. The van der Waals surface area contributed by atoms with Crippen molar-refractivity contribution in [3.05, 3.63) is 29.8 Å². The summed E-state index contributed by atoms with van der Waals surface area (Å²) in [6.45, 7) is 7.22. The number of hydrogen-bond donors (Lipinski definition) is 1. The Hall–Kier alpha value is -1.59. The zero-order valence-electron chi connectivity index (χ0n) is 12.6. The third kappa shape index (κ3) is 5.02. The average Bonchev–Trinajstić information content (AvgIpc) is 2.66. The van der Waals surface area contributed by atoms with E-state index in [2.05, 4.69) is 11.0 Å². The molecule has 0 atom stereocenters. The molecule has 0 aromatic heterocycles. The minimum atomic E-state index is -0.745. The fourth-order valence-electron chi connectivity index (χ4n) is 2.70. The number of ether oxygens (including phenoxy) is 1. The Labute approximate surface area is 126 Å². The molecule has 21 heavy (non-hydrogen) atoms. The summed E-state index contributed by atoms with van der Waals surface area (Å²) in [7, 11) is 0. The van der Waals surface area contributed by atoms with E-state index in [4.69, 9.17) is 9.84 Å². The molecule has 0 saturated carbocycles. The van der Waals surface area contributed by atoms with E-state index in [1.807, 2.05) is 30.0 Å². The van der Waals surface area contributed by atoms with Crippen molar-refractivity contribution in [2.24, 2.45) is 0 Å². The zero-order valence-corrected chi connectivity index (χ0v) is 12.6. The molecule has 1 aliphatic heterocycles. The van der Waals surface area contributed by atoms with Crippen molar-refractivity contribution in [2.75, 3.05) is 39.3 Å². The van der Waals surface area contributed by atoms with Crippen LogP contribution in [0.15, 0.2) is 24.3 Å². The lowest BCUT2D eigenvalue weighted by molar-refractivity contribution is -0.138. The van der Waals surface area contributed by atoms with Gasteiger partial charge in [-0.25, -0.2) is 0 Å². The topological polar surface area (TPSA) is 53.0 Å². The fraction of sp³-hybridized carbons (Fsp3) is 0.562. The number of para-hydroxylation sites is 1. The predicted octanol–water partition coefficient (Wildman–Crippen LogP) is 1.68. The molecule has 1 N–H and O–H groups in total. The van der Waals surface area contributed by atoms with E-state index in [0.29, 0.717) is 6.61 Å². The Bertz CT molecular complexity index is 465. The first-order valence-corrected chi connectivity index (χ1v) is 7.56. The normalized spacial score (nSPS) is 17.4. The van der Waals surface area contributed by atoms with E-state index in [1.54, 1.807) is 0 Å². The molecule has 0 amide bonds. The van der Waals surface area contributed by atoms with Crippen LogP contribution in [-0.4, -0.2) is 60.2 Å². The van der Waals surface area contributed by atoms with Crippen molar-refractivity contribution in [1.29, 1.82) is 0 Å². The summed E-state index contributed by atoms with van der Waals surface area (Å²) >= 11 is 0. The maximum Gasteiger partial charge on any atom is 0.317 e. The van der Waals surface area contributed by atoms with Gasteiger partial charge >= 0.3 is 5.97 Å². The third-order valence-electron chi connectivity index (χ3n) is 3.71. The van der Waals surface area contributed by atoms with Crippen molar-refractivity contribution in [3.63, 3.8) is 0 Å². The van der Waals surface area contributed by atoms with Crippen molar-refractivity contribution in [1.82, 2.24) is 9.80 Å². The van der Waals surface area contributed by atoms with Crippen LogP contribution in [0.1, 0.15) is 18.9 Å². The van der Waals surface area contributed by atoms with Gasteiger partial charge < -0.3 is 9.84 Å². The third-order valence-corrected chi connectivity index (χ3v) is 3.71. The average molecular weight is 292 g/mol. The Balaban J connectivity index is 1.93. The van der Waals surface area contributed by atoms with E-state index in [0.717, 1.165) is 44.9 Å². The number of rotatable bonds is 6. The van der Waals surface area contributed by atoms with Gasteiger partial charge in [-0.05, 0) is 26.0 Å². The molecular formula is C16H24N2O3. The quantitative estimate of drug-likeness (QED) is 0.864. The number of aliphatic carboxylic acids is 1. The van der Waals surface area contributed by atoms with Crippen LogP contribution in [0.5, 0.6) is 5.75 Å². The molecule has 0 spiro atoms. The van der Waals surface area contributed by atoms with Gasteiger partial charge in [-0.3, -0.25) is 14.6 Å². The molecule has 5 heteroatoms. The Kier molecular flexibility index (Phi) is 6.02. The molecule has 0 unspecified atom stereocenters. The molecule has 2 rings (SSSR count). The second-order valence-electron chi connectivity index (χ2n) is 5.34. The van der Waals surface area contributed by atoms with Gasteiger partial charge in [0.05, 0.1) is 13.2 Å². The van der Waals surface area contributed by atoms with Gasteiger partial charge in [0.2, 0.25) is 0 Å². The number of carboxylic acids is 1. The molecule has 116 valence electrons. The Morgan fingerprint density at radius 3 is 2.67 bits per heavy atom. The molecule has 1 saturated heterocycles. The van der Waals surface area contributed by atoms with E-state index in [1.165, 1.54) is 5.56 Å². The molecule has 5 nitrogen and oxygen atoms in total. The summed E-state index contributed by atoms with van der Waals surface area (Å²) in [6, 6.07) is 8.14. The second kappa shape index (κ2) is 8.00. The van der Waals surface area contributed by atoms with Crippen LogP contribution in [0.25, 0.3) is 0 Å². The SMILES string of the molecule is CCOc1ccccc1CN1CCCN(CC(=O)O)CC1. The molecule has 1 aliphatic rings. The highest BCUT2D eigenvalue weighted by Gasteiger charge is 2.17. The summed E-state index contributed by atoms with van der Waals surface area (Å²) in [4.78, 5) is 15.2. The smallest absolute Gasteiger partial charge is 0.317 e. The molecule has 0 radical (unpaired) electrons. The molecule has 1 aromatic carbocycles. The lowest BCUT2D eigenvalue weighted by Gasteiger charge is -2.22. The van der Waals surface area contributed by atoms with Crippen molar-refractivity contribution >= 4 is 5.97 Å². The monoisotopic (exact) mass is 292 g/mol. The number of hydrogen-bond acceptors (Lipinski definition) is 4. The van der Waals surface area contributed by atoms with Crippen LogP contribution in [0.2, 0.25) is 0 Å². The van der Waals surface area contributed by atoms with Gasteiger partial charge in [0.15, 0.2) is 0 Å². The van der Waals surface area contributed by atoms with Gasteiger partial charge in [-0.2, -0.15) is 0 Å². The molecule has 1 fully saturated rings. The van der Waals surface area contributed by atoms with Gasteiger partial charge in [0.25, 0.3) is 0 Å². The summed E-state index contributed by atoms with van der Waals surface area (Å²) in [5, 5.41) is 8.88. The standard InChI is InChI=1S/C16H24N2O3/c1-2-21-15-7-4-3-6-14(15)12-17-8-5-9-18(11-10-17)13-16(19)20/h3-4,6-7H,2,5,8-13H2,1H3,(H,19,20). The molecule has 0 bridgehead atoms. The Morgan fingerprint density at radius 2 is 1.90 bits per heavy atom. The Morgan fingerprint density at radius 1 is 1.19 bits per heavy atom. The summed E-state index contributed by atoms with van der Waals surface area (Å²) < 4.78 is 5.67. The number of carboxylic acid groups (broad SMARTS) is 1. The van der Waals surface area contributed by atoms with E-state index < -0.39 is 5.97 Å². The van der Waals surface area contributed by atoms with Crippen molar-refractivity contribution in [3.8, 4) is 5.75 Å². The number of benzene rings is 1. The fourth-order valence-corrected chi connectivity index (χ4v) is 2.70. The van der Waals surface area contributed by atoms with Gasteiger partial charge in [0.1, 0.15) is 5.75 Å². The van der Waals surface area contributed by atoms with Crippen LogP contribution in [-0.2, 0) is 11.3 Å². The highest BCUT2D eigenvalue weighted by molar-refractivity contribution is 5.69. The van der Waals surface area contributed by atoms with Crippen LogP contribution >= 0.6 is 0 Å². The highest BCUT2D eigenvalue weighted by atomic mass is 16.5. The van der Waals surface area contributed by atoms with Crippen LogP contribution in [0.4, 0.5) is 0 Å². The maximum atomic E-state index is 10.8. The van der Waals surface area contributed by atoms with E-state index >= 15 is 0 Å². The second-order valence-corrected chi connectivity index (χ2v) is 5.34. The van der Waals surface area contributed by atoms with Gasteiger partial charge in [-0.15, -0.1) is 0 Å². The zero-order chi connectivity index (χ0) is 15.1. The number of carbonyl (C=O) groups is 1. The predicted molar refractivity (Wildman–Crippen MR) is 81.6 cm³/mol. The van der Waals surface area contributed by atoms with Gasteiger partial charge in [-0.1, -0.05) is 18.2 Å². The van der Waals surface area contributed by atoms with Crippen molar-refractivity contribution in [2.45, 2.75) is 19.9 Å². The first-order chi connectivity index (χ1) is 10.2. The molecule has 1 heterocycles. The highest BCUT2D eigenvalue weighted by Crippen LogP contribution is 2.20. The maximum absolute atomic E-state index is 10.8. The van der Waals surface area contributed by atoms with E-state index in [9.17, 15) is 4.79 Å².